The van der Waals surface area contributed by atoms with Gasteiger partial charge in [-0.25, -0.2) is 0 Å². The van der Waals surface area contributed by atoms with Crippen LogP contribution < -0.4 is 42.9 Å². The fourth-order valence-corrected chi connectivity index (χ4v) is 14.6. The largest absolute Gasteiger partial charge is 1.00 e. The van der Waals surface area contributed by atoms with Crippen molar-refractivity contribution in [2.24, 2.45) is 23.7 Å². The second-order valence-corrected chi connectivity index (χ2v) is 23.3. The van der Waals surface area contributed by atoms with Gasteiger partial charge >= 0.3 is 0 Å². The number of rotatable bonds is 22. The Morgan fingerprint density at radius 1 is 0.579 bits per heavy atom. The summed E-state index contributed by atoms with van der Waals surface area (Å²) in [6.07, 6.45) is 19.1. The van der Waals surface area contributed by atoms with E-state index in [0.717, 1.165) is 161 Å². The van der Waals surface area contributed by atoms with Crippen LogP contribution in [0, 0.1) is 23.7 Å². The van der Waals surface area contributed by atoms with Crippen LogP contribution in [0.4, 0.5) is 0 Å². The molecular formula is C65H83IN6O4. The molecule has 4 aromatic carbocycles. The Kier molecular flexibility index (Phi) is 17.2. The SMILES string of the molecule is CCCC(CCC)Oc1ccc2nccc([C@H](Oc3nnc(O[C@@H](c4ccnc5ccc(OC(CCC)CCC)cc45)[C@H]4C[C@@H]5CC[N+]4(C)C[C@@H]5CC)c4cc5ccccc5cc34)[C@H]3C[C@@H]4CCN3C[C@@H]4CC)c2c1.[I-]. The second kappa shape index (κ2) is 24.0. The number of piperidine rings is 6. The summed E-state index contributed by atoms with van der Waals surface area (Å²) in [4.78, 5) is 12.6. The predicted molar refractivity (Wildman–Crippen MR) is 304 cm³/mol. The van der Waals surface area contributed by atoms with Gasteiger partial charge in [-0.05, 0) is 141 Å². The summed E-state index contributed by atoms with van der Waals surface area (Å²) >= 11 is 0. The molecule has 10 nitrogen and oxygen atoms in total. The van der Waals surface area contributed by atoms with Gasteiger partial charge in [0.15, 0.2) is 6.10 Å². The van der Waals surface area contributed by atoms with Gasteiger partial charge < -0.3 is 47.4 Å². The van der Waals surface area contributed by atoms with Gasteiger partial charge in [0, 0.05) is 59.6 Å². The van der Waals surface area contributed by atoms with Crippen molar-refractivity contribution in [2.45, 2.75) is 168 Å². The number of aromatic nitrogens is 4. The lowest BCUT2D eigenvalue weighted by Crippen LogP contribution is -3.00. The summed E-state index contributed by atoms with van der Waals surface area (Å²) in [6, 6.07) is 30.8. The van der Waals surface area contributed by atoms with Gasteiger partial charge in [0.1, 0.15) is 23.6 Å². The van der Waals surface area contributed by atoms with Crippen molar-refractivity contribution in [2.75, 3.05) is 33.2 Å². The molecule has 4 bridgehead atoms. The summed E-state index contributed by atoms with van der Waals surface area (Å²) in [6.45, 7) is 18.1. The molecule has 2 unspecified atom stereocenters. The number of hydrogen-bond donors (Lipinski definition) is 0. The first-order valence-electron chi connectivity index (χ1n) is 29.4. The molecule has 3 aromatic heterocycles. The van der Waals surface area contributed by atoms with Gasteiger partial charge in [-0.3, -0.25) is 14.9 Å². The Labute approximate surface area is 469 Å². The Morgan fingerprint density at radius 3 is 1.61 bits per heavy atom. The van der Waals surface area contributed by atoms with E-state index >= 15 is 0 Å². The number of hydrogen-bond acceptors (Lipinski definition) is 9. The number of ether oxygens (including phenoxy) is 4. The first-order chi connectivity index (χ1) is 36.7. The summed E-state index contributed by atoms with van der Waals surface area (Å²) in [5, 5.41) is 16.6. The third-order valence-corrected chi connectivity index (χ3v) is 18.6. The van der Waals surface area contributed by atoms with Crippen molar-refractivity contribution in [3.8, 4) is 23.3 Å². The lowest BCUT2D eigenvalue weighted by Gasteiger charge is -2.57. The average molecular weight is 1140 g/mol. The summed E-state index contributed by atoms with van der Waals surface area (Å²) in [5.74, 6) is 5.54. The van der Waals surface area contributed by atoms with Crippen LogP contribution in [-0.4, -0.2) is 87.1 Å². The number of likely N-dealkylation sites (N-methyl/N-ethyl adjacent to an activating group) is 1. The van der Waals surface area contributed by atoms with E-state index in [1.807, 2.05) is 12.4 Å². The Morgan fingerprint density at radius 2 is 1.11 bits per heavy atom. The van der Waals surface area contributed by atoms with Crippen LogP contribution in [0.15, 0.2) is 97.3 Å². The Bertz CT molecular complexity index is 3090. The van der Waals surface area contributed by atoms with Crippen LogP contribution in [0.1, 0.15) is 155 Å². The quantitative estimate of drug-likeness (QED) is 0.0374. The molecule has 0 N–H and O–H groups in total. The summed E-state index contributed by atoms with van der Waals surface area (Å²) < 4.78 is 29.9. The Hall–Kier alpha value is -4.85. The minimum Gasteiger partial charge on any atom is -1.00 e. The topological polar surface area (TPSA) is 91.7 Å². The normalized spacial score (nSPS) is 24.8. The zero-order chi connectivity index (χ0) is 51.6. The smallest absolute Gasteiger partial charge is 0.242 e. The highest BCUT2D eigenvalue weighted by Gasteiger charge is 2.53. The standard InChI is InChI=1S/C65H83N6O4.HI/c1-8-16-48(17-9-2)72-50-22-24-58-54(38-50)52(26-30-66-58)62(60-36-46-28-32-70(60)40-42(46)12-5)74-64-56-34-44-20-14-15-21-45(44)35-57(56)65(69-68-64)75-63(61-37-47-29-33-71(61,7)41-43(47)13-6)53-27-31-67-59-25-23-51(39-55(53)59)73-49(18-10-3)19-11-4;/h14-15,20-27,30-31,34-35,38-39,42-43,46-49,60-63H,8-13,16-19,28-29,32-33,36-37,40-41H2,1-7H3;1H/q+1;/p-1/t42-,43-,46-,47-,60+,61+,62-,63-,71?;/m0./s1. The monoisotopic (exact) mass is 1140 g/mol. The molecule has 6 aliphatic heterocycles. The molecule has 6 saturated heterocycles. The molecule has 13 rings (SSSR count). The molecule has 9 heterocycles. The van der Waals surface area contributed by atoms with Crippen LogP contribution in [-0.2, 0) is 0 Å². The molecule has 0 aliphatic carbocycles. The van der Waals surface area contributed by atoms with Crippen LogP contribution in [0.5, 0.6) is 23.3 Å². The van der Waals surface area contributed by atoms with Gasteiger partial charge in [0.05, 0.1) is 60.2 Å². The second-order valence-electron chi connectivity index (χ2n) is 23.3. The highest BCUT2D eigenvalue weighted by molar-refractivity contribution is 6.02. The lowest BCUT2D eigenvalue weighted by molar-refractivity contribution is -0.956. The minimum absolute atomic E-state index is 0. The van der Waals surface area contributed by atoms with E-state index in [1.54, 1.807) is 0 Å². The maximum Gasteiger partial charge on any atom is 0.242 e. The van der Waals surface area contributed by atoms with E-state index in [4.69, 9.17) is 39.1 Å². The van der Waals surface area contributed by atoms with E-state index in [-0.39, 0.29) is 60.5 Å². The highest BCUT2D eigenvalue weighted by atomic mass is 127. The fraction of sp³-hybridized carbons (Fsp3) is 0.538. The Balaban J connectivity index is 0.00000657. The zero-order valence-electron chi connectivity index (χ0n) is 46.4. The molecule has 6 aliphatic rings. The molecule has 0 saturated carbocycles. The van der Waals surface area contributed by atoms with Crippen LogP contribution >= 0.6 is 0 Å². The van der Waals surface area contributed by atoms with E-state index in [0.29, 0.717) is 35.4 Å². The molecule has 0 amide bonds. The molecule has 7 aromatic rings. The molecule has 0 radical (unpaired) electrons. The number of fused-ring (bicyclic) bond motifs is 10. The molecule has 11 heteroatoms. The van der Waals surface area contributed by atoms with E-state index in [9.17, 15) is 0 Å². The molecule has 6 fully saturated rings. The predicted octanol–water partition coefficient (Wildman–Crippen LogP) is 12.2. The van der Waals surface area contributed by atoms with Crippen molar-refractivity contribution in [3.63, 3.8) is 0 Å². The molecule has 404 valence electrons. The van der Waals surface area contributed by atoms with Crippen molar-refractivity contribution in [1.29, 1.82) is 0 Å². The van der Waals surface area contributed by atoms with Gasteiger partial charge in [-0.15, -0.1) is 10.2 Å². The van der Waals surface area contributed by atoms with E-state index in [2.05, 4.69) is 138 Å². The molecule has 0 spiro atoms. The van der Waals surface area contributed by atoms with E-state index in [1.165, 1.54) is 25.7 Å². The third kappa shape index (κ3) is 11.0. The molecule has 76 heavy (non-hydrogen) atoms. The summed E-state index contributed by atoms with van der Waals surface area (Å²) in [7, 11) is 2.48. The van der Waals surface area contributed by atoms with Crippen LogP contribution in [0.2, 0.25) is 0 Å². The van der Waals surface area contributed by atoms with Crippen molar-refractivity contribution < 1.29 is 47.4 Å². The fourth-order valence-electron chi connectivity index (χ4n) is 14.6. The van der Waals surface area contributed by atoms with Gasteiger partial charge in [0.2, 0.25) is 11.8 Å². The molecule has 10 atom stereocenters. The minimum atomic E-state index is -0.340. The van der Waals surface area contributed by atoms with Crippen LogP contribution in [0.25, 0.3) is 43.4 Å². The van der Waals surface area contributed by atoms with Gasteiger partial charge in [-0.1, -0.05) is 97.9 Å². The lowest BCUT2D eigenvalue weighted by atomic mass is 9.71. The first-order valence-corrected chi connectivity index (χ1v) is 29.4. The summed E-state index contributed by atoms with van der Waals surface area (Å²) in [5.41, 5.74) is 4.12. The van der Waals surface area contributed by atoms with Gasteiger partial charge in [-0.2, -0.15) is 0 Å². The van der Waals surface area contributed by atoms with Gasteiger partial charge in [0.25, 0.3) is 0 Å². The number of nitrogens with zero attached hydrogens (tertiary/aromatic N) is 6. The average Bonchev–Trinajstić information content (AvgIpc) is 3.44. The van der Waals surface area contributed by atoms with Crippen LogP contribution in [0.3, 0.4) is 0 Å². The number of halogens is 1. The number of quaternary nitrogens is 1. The highest BCUT2D eigenvalue weighted by Crippen LogP contribution is 2.50. The molecular weight excluding hydrogens is 1060 g/mol. The maximum atomic E-state index is 7.71. The zero-order valence-corrected chi connectivity index (χ0v) is 48.6. The number of benzene rings is 4. The third-order valence-electron chi connectivity index (χ3n) is 18.6. The van der Waals surface area contributed by atoms with Crippen molar-refractivity contribution in [3.05, 3.63) is 108 Å². The van der Waals surface area contributed by atoms with E-state index < -0.39 is 0 Å². The number of pyridine rings is 2. The first kappa shape index (κ1) is 54.5. The van der Waals surface area contributed by atoms with Crippen molar-refractivity contribution in [1.82, 2.24) is 25.1 Å². The van der Waals surface area contributed by atoms with Crippen molar-refractivity contribution >= 4 is 43.4 Å². The maximum absolute atomic E-state index is 7.71.